The Morgan fingerprint density at radius 2 is 1.41 bits per heavy atom. The molecule has 2 atom stereocenters. The Balaban J connectivity index is 1.19. The predicted molar refractivity (Wildman–Crippen MR) is 152 cm³/mol. The van der Waals surface area contributed by atoms with Crippen molar-refractivity contribution in [2.75, 3.05) is 19.8 Å². The molecule has 1 aliphatic carbocycles. The van der Waals surface area contributed by atoms with Crippen LogP contribution in [-0.2, 0) is 22.3 Å². The highest BCUT2D eigenvalue weighted by atomic mass is 16.6. The molecule has 2 unspecified atom stereocenters. The molecule has 0 radical (unpaired) electrons. The van der Waals surface area contributed by atoms with Gasteiger partial charge in [-0.2, -0.15) is 0 Å². The van der Waals surface area contributed by atoms with E-state index in [-0.39, 0.29) is 35.8 Å². The number of ketones is 1. The summed E-state index contributed by atoms with van der Waals surface area (Å²) in [7, 11) is 0. The first-order chi connectivity index (χ1) is 19.0. The topological polar surface area (TPSA) is 55.8 Å². The summed E-state index contributed by atoms with van der Waals surface area (Å²) < 4.78 is 11.9. The molecule has 3 aromatic rings. The molecule has 1 amide bonds. The van der Waals surface area contributed by atoms with E-state index in [2.05, 4.69) is 69.3 Å². The smallest absolute Gasteiger partial charge is 0.410 e. The Bertz CT molecular complexity index is 1330. The van der Waals surface area contributed by atoms with Crippen molar-refractivity contribution in [1.82, 2.24) is 4.90 Å². The van der Waals surface area contributed by atoms with Crippen LogP contribution in [0, 0.1) is 12.8 Å². The monoisotopic (exact) mass is 523 g/mol. The van der Waals surface area contributed by atoms with Crippen molar-refractivity contribution in [3.05, 3.63) is 94.0 Å². The zero-order chi connectivity index (χ0) is 27.1. The number of fused-ring (bicyclic) bond motifs is 5. The number of aryl methyl sites for hydroxylation is 3. The minimum atomic E-state index is -0.292. The molecule has 6 rings (SSSR count). The van der Waals surface area contributed by atoms with Gasteiger partial charge in [0.15, 0.2) is 5.78 Å². The second kappa shape index (κ2) is 10.6. The summed E-state index contributed by atoms with van der Waals surface area (Å²) in [4.78, 5) is 29.3. The molecule has 202 valence electrons. The Kier molecular flexibility index (Phi) is 7.03. The summed E-state index contributed by atoms with van der Waals surface area (Å²) in [5.74, 6) is 0.144. The van der Waals surface area contributed by atoms with E-state index in [1.807, 2.05) is 17.0 Å². The number of amides is 1. The molecule has 39 heavy (non-hydrogen) atoms. The molecule has 0 spiro atoms. The third kappa shape index (κ3) is 4.57. The quantitative estimate of drug-likeness (QED) is 0.336. The Morgan fingerprint density at radius 1 is 0.872 bits per heavy atom. The molecular weight excluding hydrogens is 486 g/mol. The number of rotatable bonds is 6. The van der Waals surface area contributed by atoms with Gasteiger partial charge in [0.25, 0.3) is 0 Å². The number of morpholine rings is 1. The van der Waals surface area contributed by atoms with E-state index in [9.17, 15) is 9.59 Å². The normalized spacial score (nSPS) is 21.8. The fourth-order valence-corrected chi connectivity index (χ4v) is 7.12. The molecule has 0 saturated carbocycles. The van der Waals surface area contributed by atoms with E-state index < -0.39 is 0 Å². The minimum Gasteiger partial charge on any atom is -0.448 e. The number of Topliss-reactive ketones (excluding diaryl/α,β-unsaturated/α-hetero) is 1. The van der Waals surface area contributed by atoms with Crippen LogP contribution in [-0.4, -0.2) is 48.7 Å². The maximum Gasteiger partial charge on any atom is 0.410 e. The van der Waals surface area contributed by atoms with Gasteiger partial charge in [-0.05, 0) is 66.0 Å². The van der Waals surface area contributed by atoms with Crippen molar-refractivity contribution in [1.29, 1.82) is 0 Å². The lowest BCUT2D eigenvalue weighted by Gasteiger charge is -2.47. The van der Waals surface area contributed by atoms with E-state index in [1.54, 1.807) is 0 Å². The van der Waals surface area contributed by atoms with Crippen LogP contribution in [0.2, 0.25) is 0 Å². The molecule has 2 heterocycles. The van der Waals surface area contributed by atoms with Crippen molar-refractivity contribution in [3.63, 3.8) is 0 Å². The van der Waals surface area contributed by atoms with Gasteiger partial charge < -0.3 is 9.47 Å². The summed E-state index contributed by atoms with van der Waals surface area (Å²) in [6, 6.07) is 20.8. The van der Waals surface area contributed by atoms with E-state index in [0.717, 1.165) is 29.5 Å². The molecule has 3 aromatic carbocycles. The van der Waals surface area contributed by atoms with Crippen molar-refractivity contribution < 1.29 is 19.1 Å². The van der Waals surface area contributed by atoms with Crippen LogP contribution >= 0.6 is 0 Å². The number of carbonyl (C=O) groups is 2. The lowest BCUT2D eigenvalue weighted by molar-refractivity contribution is -0.0747. The highest BCUT2D eigenvalue weighted by Gasteiger charge is 2.45. The fraction of sp³-hybridized carbons (Fsp3) is 0.412. The third-order valence-corrected chi connectivity index (χ3v) is 8.89. The van der Waals surface area contributed by atoms with Crippen molar-refractivity contribution in [2.24, 2.45) is 5.92 Å². The molecule has 0 aromatic heterocycles. The van der Waals surface area contributed by atoms with Crippen LogP contribution in [0.1, 0.15) is 70.8 Å². The maximum atomic E-state index is 13.9. The molecule has 5 nitrogen and oxygen atoms in total. The Morgan fingerprint density at radius 3 is 1.95 bits per heavy atom. The van der Waals surface area contributed by atoms with E-state index in [1.165, 1.54) is 27.8 Å². The van der Waals surface area contributed by atoms with Crippen LogP contribution in [0.3, 0.4) is 0 Å². The van der Waals surface area contributed by atoms with Crippen molar-refractivity contribution >= 4 is 11.9 Å². The van der Waals surface area contributed by atoms with Crippen LogP contribution in [0.15, 0.2) is 60.7 Å². The molecule has 2 saturated heterocycles. The number of benzene rings is 3. The summed E-state index contributed by atoms with van der Waals surface area (Å²) in [6.45, 7) is 7.52. The summed E-state index contributed by atoms with van der Waals surface area (Å²) in [6.07, 6.45) is 2.61. The summed E-state index contributed by atoms with van der Waals surface area (Å²) in [5, 5.41) is 0. The molecular formula is C34H37NO4. The summed E-state index contributed by atoms with van der Waals surface area (Å²) in [5.41, 5.74) is 9.22. The Labute approximate surface area is 231 Å². The third-order valence-electron chi connectivity index (χ3n) is 8.89. The standard InChI is InChI=1S/C34H37NO4/c1-4-22-14-21(3)15-23(5-2)32(22)33(36)24-16-25-18-38-19-26(17-24)35(25)34(37)39-20-31-29-12-8-6-10-27(29)28-11-7-9-13-30(28)31/h6-15,24-26,31H,4-5,16-20H2,1-3H3. The van der Waals surface area contributed by atoms with Crippen molar-refractivity contribution in [2.45, 2.75) is 64.5 Å². The second-order valence-electron chi connectivity index (χ2n) is 11.3. The molecule has 2 bridgehead atoms. The van der Waals surface area contributed by atoms with Crippen molar-refractivity contribution in [3.8, 4) is 11.1 Å². The first-order valence-corrected chi connectivity index (χ1v) is 14.4. The maximum absolute atomic E-state index is 13.9. The average molecular weight is 524 g/mol. The van der Waals surface area contributed by atoms with E-state index in [0.29, 0.717) is 32.7 Å². The van der Waals surface area contributed by atoms with Gasteiger partial charge in [-0.15, -0.1) is 0 Å². The number of carbonyl (C=O) groups excluding carboxylic acids is 2. The lowest BCUT2D eigenvalue weighted by atomic mass is 9.78. The lowest BCUT2D eigenvalue weighted by Crippen LogP contribution is -2.60. The largest absolute Gasteiger partial charge is 0.448 e. The summed E-state index contributed by atoms with van der Waals surface area (Å²) >= 11 is 0. The first kappa shape index (κ1) is 25.8. The Hall–Kier alpha value is -3.44. The van der Waals surface area contributed by atoms with E-state index in [4.69, 9.17) is 9.47 Å². The number of piperidine rings is 1. The van der Waals surface area contributed by atoms with Gasteiger partial charge in [-0.1, -0.05) is 80.1 Å². The molecule has 2 fully saturated rings. The highest BCUT2D eigenvalue weighted by Crippen LogP contribution is 2.45. The van der Waals surface area contributed by atoms with Gasteiger partial charge in [-0.25, -0.2) is 4.79 Å². The van der Waals surface area contributed by atoms with Crippen LogP contribution in [0.4, 0.5) is 4.79 Å². The highest BCUT2D eigenvalue weighted by molar-refractivity contribution is 6.01. The van der Waals surface area contributed by atoms with Gasteiger partial charge in [0.1, 0.15) is 6.61 Å². The average Bonchev–Trinajstić information content (AvgIpc) is 3.27. The number of hydrogen-bond donors (Lipinski definition) is 0. The molecule has 0 N–H and O–H groups in total. The predicted octanol–water partition coefficient (Wildman–Crippen LogP) is 6.73. The zero-order valence-electron chi connectivity index (χ0n) is 23.1. The van der Waals surface area contributed by atoms with E-state index >= 15 is 0 Å². The zero-order valence-corrected chi connectivity index (χ0v) is 23.1. The first-order valence-electron chi connectivity index (χ1n) is 14.4. The van der Waals surface area contributed by atoms with Gasteiger partial charge in [-0.3, -0.25) is 9.69 Å². The molecule has 5 heteroatoms. The number of hydrogen-bond acceptors (Lipinski definition) is 4. The van der Waals surface area contributed by atoms with Gasteiger partial charge in [0.2, 0.25) is 0 Å². The molecule has 2 aliphatic heterocycles. The minimum absolute atomic E-state index is 0.0259. The van der Waals surface area contributed by atoms with Crippen LogP contribution in [0.25, 0.3) is 11.1 Å². The van der Waals surface area contributed by atoms with Gasteiger partial charge in [0.05, 0.1) is 25.3 Å². The number of nitrogens with zero attached hydrogens (tertiary/aromatic N) is 1. The number of ether oxygens (including phenoxy) is 2. The van der Waals surface area contributed by atoms with Crippen LogP contribution < -0.4 is 0 Å². The van der Waals surface area contributed by atoms with Crippen LogP contribution in [0.5, 0.6) is 0 Å². The van der Waals surface area contributed by atoms with Gasteiger partial charge >= 0.3 is 6.09 Å². The molecule has 3 aliphatic rings. The second-order valence-corrected chi connectivity index (χ2v) is 11.3. The fourth-order valence-electron chi connectivity index (χ4n) is 7.12. The van der Waals surface area contributed by atoms with Gasteiger partial charge in [0, 0.05) is 17.4 Å². The SMILES string of the molecule is CCc1cc(C)cc(CC)c1C(=O)C1CC2COCC(C1)N2C(=O)OCC1c2ccccc2-c2ccccc21.